The van der Waals surface area contributed by atoms with E-state index in [2.05, 4.69) is 5.14 Å². The first kappa shape index (κ1) is 10.2. The fraction of sp³-hybridized carbons (Fsp3) is 1.00. The van der Waals surface area contributed by atoms with Gasteiger partial charge in [-0.15, -0.1) is 12.4 Å². The summed E-state index contributed by atoms with van der Waals surface area (Å²) in [4.78, 5) is 0. The summed E-state index contributed by atoms with van der Waals surface area (Å²) in [7, 11) is -3.16. The van der Waals surface area contributed by atoms with E-state index >= 15 is 0 Å². The second-order valence-electron chi connectivity index (χ2n) is 0.952. The van der Waals surface area contributed by atoms with Crippen molar-refractivity contribution in [1.29, 1.82) is 0 Å². The Morgan fingerprint density at radius 1 is 1.57 bits per heavy atom. The van der Waals surface area contributed by atoms with Crippen molar-refractivity contribution in [3.63, 3.8) is 0 Å². The minimum Gasteiger partial charge on any atom is -0.229 e. The van der Waals surface area contributed by atoms with Crippen molar-refractivity contribution in [2.75, 3.05) is 5.75 Å². The predicted octanol–water partition coefficient (Wildman–Crippen LogP) is -0.283. The van der Waals surface area contributed by atoms with E-state index in [1.54, 1.807) is 0 Å². The zero-order chi connectivity index (χ0) is 5.21. The standard InChI is InChI=1S/C2H7NO2S.ClH/c1-2-6(3,4)5;/h2H2,1H3,(H2,3,4,5);1H. The lowest BCUT2D eigenvalue weighted by molar-refractivity contribution is 0.599. The number of hydrogen-bond acceptors (Lipinski definition) is 2. The summed E-state index contributed by atoms with van der Waals surface area (Å²) in [6, 6.07) is 0. The molecule has 0 aromatic rings. The van der Waals surface area contributed by atoms with Gasteiger partial charge in [-0.25, -0.2) is 13.6 Å². The van der Waals surface area contributed by atoms with Crippen molar-refractivity contribution >= 4 is 22.4 Å². The largest absolute Gasteiger partial charge is 0.229 e. The molecule has 0 atom stereocenters. The van der Waals surface area contributed by atoms with Gasteiger partial charge in [0.25, 0.3) is 0 Å². The summed E-state index contributed by atoms with van der Waals surface area (Å²) < 4.78 is 19.6. The number of halogens is 1. The van der Waals surface area contributed by atoms with Crippen molar-refractivity contribution in [2.45, 2.75) is 6.92 Å². The van der Waals surface area contributed by atoms with Crippen LogP contribution in [0.4, 0.5) is 0 Å². The van der Waals surface area contributed by atoms with Crippen molar-refractivity contribution in [2.24, 2.45) is 5.14 Å². The first-order chi connectivity index (χ1) is 2.56. The van der Waals surface area contributed by atoms with Crippen LogP contribution in [0, 0.1) is 0 Å². The van der Waals surface area contributed by atoms with Gasteiger partial charge in [0.1, 0.15) is 0 Å². The van der Waals surface area contributed by atoms with Crippen LogP contribution in [0.3, 0.4) is 0 Å². The van der Waals surface area contributed by atoms with Crippen molar-refractivity contribution in [1.82, 2.24) is 0 Å². The minimum atomic E-state index is -3.16. The van der Waals surface area contributed by atoms with Crippen molar-refractivity contribution < 1.29 is 8.42 Å². The minimum absolute atomic E-state index is 0. The topological polar surface area (TPSA) is 60.2 Å². The monoisotopic (exact) mass is 145 g/mol. The first-order valence-corrected chi connectivity index (χ1v) is 3.28. The molecule has 5 heteroatoms. The molecule has 0 aliphatic heterocycles. The third-order valence-corrected chi connectivity index (χ3v) is 1.21. The molecule has 0 aromatic carbocycles. The summed E-state index contributed by atoms with van der Waals surface area (Å²) in [6.07, 6.45) is 0. The van der Waals surface area contributed by atoms with Crippen molar-refractivity contribution in [3.05, 3.63) is 0 Å². The van der Waals surface area contributed by atoms with Crippen LogP contribution in [-0.2, 0) is 10.0 Å². The molecule has 0 aromatic heterocycles. The third kappa shape index (κ3) is 10.7. The Kier molecular flexibility index (Phi) is 4.73. The Hall–Kier alpha value is 0.200. The number of sulfonamides is 1. The molecule has 0 amide bonds. The molecular weight excluding hydrogens is 138 g/mol. The Morgan fingerprint density at radius 2 is 1.71 bits per heavy atom. The molecule has 0 saturated carbocycles. The van der Waals surface area contributed by atoms with Gasteiger partial charge in [0.05, 0.1) is 5.75 Å². The molecule has 0 bridgehead atoms. The van der Waals surface area contributed by atoms with Crippen LogP contribution in [0.25, 0.3) is 0 Å². The second kappa shape index (κ2) is 3.23. The van der Waals surface area contributed by atoms with Crippen LogP contribution in [0.5, 0.6) is 0 Å². The zero-order valence-electron chi connectivity index (χ0n) is 3.92. The van der Waals surface area contributed by atoms with E-state index in [9.17, 15) is 8.42 Å². The highest BCUT2D eigenvalue weighted by molar-refractivity contribution is 7.89. The van der Waals surface area contributed by atoms with Gasteiger partial charge in [-0.1, -0.05) is 0 Å². The van der Waals surface area contributed by atoms with Gasteiger partial charge in [0, 0.05) is 0 Å². The molecule has 0 heterocycles. The summed E-state index contributed by atoms with van der Waals surface area (Å²) in [5, 5.41) is 4.51. The van der Waals surface area contributed by atoms with E-state index in [1.165, 1.54) is 6.92 Å². The maximum absolute atomic E-state index is 9.78. The molecule has 46 valence electrons. The number of nitrogens with two attached hydrogens (primary N) is 1. The molecule has 7 heavy (non-hydrogen) atoms. The third-order valence-electron chi connectivity index (χ3n) is 0.402. The highest BCUT2D eigenvalue weighted by Crippen LogP contribution is 1.68. The van der Waals surface area contributed by atoms with Crippen molar-refractivity contribution in [3.8, 4) is 0 Å². The van der Waals surface area contributed by atoms with E-state index in [-0.39, 0.29) is 18.2 Å². The van der Waals surface area contributed by atoms with E-state index in [0.29, 0.717) is 0 Å². The average Bonchev–Trinajstić information content (AvgIpc) is 1.35. The molecule has 0 spiro atoms. The molecule has 0 radical (unpaired) electrons. The van der Waals surface area contributed by atoms with Crippen LogP contribution in [0.2, 0.25) is 0 Å². The van der Waals surface area contributed by atoms with E-state index in [0.717, 1.165) is 0 Å². The summed E-state index contributed by atoms with van der Waals surface area (Å²) >= 11 is 0. The summed E-state index contributed by atoms with van der Waals surface area (Å²) in [5.74, 6) is 0.0208. The molecule has 0 rings (SSSR count). The molecule has 3 nitrogen and oxygen atoms in total. The van der Waals surface area contributed by atoms with Crippen LogP contribution >= 0.6 is 12.4 Å². The fourth-order valence-electron chi connectivity index (χ4n) is 0. The number of hydrogen-bond donors (Lipinski definition) is 1. The number of primary sulfonamides is 1. The van der Waals surface area contributed by atoms with E-state index < -0.39 is 10.0 Å². The molecule has 0 aliphatic carbocycles. The molecule has 0 unspecified atom stereocenters. The lowest BCUT2D eigenvalue weighted by Crippen LogP contribution is -2.13. The molecule has 0 fully saturated rings. The second-order valence-corrected chi connectivity index (χ2v) is 2.85. The fourth-order valence-corrected chi connectivity index (χ4v) is 0. The van der Waals surface area contributed by atoms with E-state index in [4.69, 9.17) is 0 Å². The van der Waals surface area contributed by atoms with Gasteiger partial charge in [-0.05, 0) is 6.92 Å². The summed E-state index contributed by atoms with van der Waals surface area (Å²) in [6.45, 7) is 1.50. The molecule has 0 aliphatic rings. The van der Waals surface area contributed by atoms with Crippen LogP contribution < -0.4 is 5.14 Å². The van der Waals surface area contributed by atoms with Gasteiger partial charge in [0.15, 0.2) is 0 Å². The van der Waals surface area contributed by atoms with E-state index in [1.807, 2.05) is 0 Å². The van der Waals surface area contributed by atoms with Gasteiger partial charge < -0.3 is 0 Å². The Morgan fingerprint density at radius 3 is 1.71 bits per heavy atom. The highest BCUT2D eigenvalue weighted by atomic mass is 35.5. The number of rotatable bonds is 1. The highest BCUT2D eigenvalue weighted by Gasteiger charge is 1.90. The average molecular weight is 146 g/mol. The normalized spacial score (nSPS) is 10.0. The molecular formula is C2H8ClNO2S. The summed E-state index contributed by atoms with van der Waals surface area (Å²) in [5.41, 5.74) is 0. The van der Waals surface area contributed by atoms with Gasteiger partial charge in [-0.3, -0.25) is 0 Å². The molecule has 2 N–H and O–H groups in total. The lowest BCUT2D eigenvalue weighted by atomic mass is 11.0. The van der Waals surface area contributed by atoms with Crippen LogP contribution in [0.15, 0.2) is 0 Å². The maximum atomic E-state index is 9.78. The van der Waals surface area contributed by atoms with Crippen LogP contribution in [-0.4, -0.2) is 14.2 Å². The SMILES string of the molecule is CCS(N)(=O)=O.Cl. The first-order valence-electron chi connectivity index (χ1n) is 1.56. The predicted molar refractivity (Wildman–Crippen MR) is 30.9 cm³/mol. The smallest absolute Gasteiger partial charge is 0.208 e. The molecule has 0 saturated heterocycles. The lowest BCUT2D eigenvalue weighted by Gasteiger charge is -1.81. The Balaban J connectivity index is 0. The zero-order valence-corrected chi connectivity index (χ0v) is 5.55. The maximum Gasteiger partial charge on any atom is 0.208 e. The Labute approximate surface area is 49.4 Å². The Bertz CT molecular complexity index is 118. The van der Waals surface area contributed by atoms with Gasteiger partial charge in [-0.2, -0.15) is 0 Å². The van der Waals surface area contributed by atoms with Crippen LogP contribution in [0.1, 0.15) is 6.92 Å². The quantitative estimate of drug-likeness (QED) is 0.552. The van der Waals surface area contributed by atoms with Gasteiger partial charge in [0.2, 0.25) is 10.0 Å². The van der Waals surface area contributed by atoms with Gasteiger partial charge >= 0.3 is 0 Å².